The van der Waals surface area contributed by atoms with Crippen molar-refractivity contribution in [2.45, 2.75) is 51.9 Å². The zero-order valence-corrected chi connectivity index (χ0v) is 18.3. The molecule has 4 rings (SSSR count). The lowest BCUT2D eigenvalue weighted by Gasteiger charge is -2.37. The number of nitrogens with zero attached hydrogens (tertiary/aromatic N) is 2. The first-order valence-electron chi connectivity index (χ1n) is 11.1. The number of carbonyl (C=O) groups excluding carboxylic acids is 2. The van der Waals surface area contributed by atoms with Crippen LogP contribution in [0, 0.1) is 0 Å². The Labute approximate surface area is 183 Å². The predicted molar refractivity (Wildman–Crippen MR) is 119 cm³/mol. The molecule has 0 bridgehead atoms. The van der Waals surface area contributed by atoms with Crippen molar-refractivity contribution in [3.05, 3.63) is 59.7 Å². The number of hydrogen-bond acceptors (Lipinski definition) is 4. The summed E-state index contributed by atoms with van der Waals surface area (Å²) in [7, 11) is 0. The number of para-hydroxylation sites is 2. The molecule has 1 fully saturated rings. The molecular weight excluding hydrogens is 392 g/mol. The highest BCUT2D eigenvalue weighted by atomic mass is 16.5. The van der Waals surface area contributed by atoms with Gasteiger partial charge in [0.15, 0.2) is 6.10 Å². The summed E-state index contributed by atoms with van der Waals surface area (Å²) < 4.78 is 11.7. The minimum atomic E-state index is -0.685. The van der Waals surface area contributed by atoms with Gasteiger partial charge in [0.05, 0.1) is 24.9 Å². The van der Waals surface area contributed by atoms with Gasteiger partial charge >= 0.3 is 0 Å². The molecule has 0 aliphatic carbocycles. The van der Waals surface area contributed by atoms with Crippen molar-refractivity contribution < 1.29 is 19.1 Å². The standard InChI is InChI=1S/C25H30N2O4/c1-18(2)30-17-19-10-12-20(13-11-19)24(28)27-16-23(25(29)26-14-6-3-7-15-26)31-22-9-5-4-8-21(22)27/h4-5,8-13,18,23H,3,6-7,14-17H2,1-2H3/t23-/m1/s1. The molecule has 0 spiro atoms. The fourth-order valence-electron chi connectivity index (χ4n) is 4.04. The van der Waals surface area contributed by atoms with Crippen LogP contribution in [-0.4, -0.2) is 48.6 Å². The Kier molecular flexibility index (Phi) is 6.56. The van der Waals surface area contributed by atoms with E-state index in [2.05, 4.69) is 0 Å². The van der Waals surface area contributed by atoms with Gasteiger partial charge in [-0.05, 0) is 62.9 Å². The van der Waals surface area contributed by atoms with Gasteiger partial charge in [0.1, 0.15) is 5.75 Å². The molecular formula is C25H30N2O4. The number of ether oxygens (including phenoxy) is 2. The molecule has 0 aromatic heterocycles. The Morgan fingerprint density at radius 1 is 1.03 bits per heavy atom. The number of hydrogen-bond donors (Lipinski definition) is 0. The van der Waals surface area contributed by atoms with Crippen LogP contribution in [0.15, 0.2) is 48.5 Å². The highest BCUT2D eigenvalue weighted by Crippen LogP contribution is 2.34. The van der Waals surface area contributed by atoms with Gasteiger partial charge in [-0.3, -0.25) is 9.59 Å². The van der Waals surface area contributed by atoms with Crippen molar-refractivity contribution in [1.82, 2.24) is 4.90 Å². The molecule has 6 heteroatoms. The predicted octanol–water partition coefficient (Wildman–Crippen LogP) is 4.03. The number of amides is 2. The Morgan fingerprint density at radius 2 is 1.74 bits per heavy atom. The second-order valence-electron chi connectivity index (χ2n) is 8.43. The van der Waals surface area contributed by atoms with E-state index in [1.165, 1.54) is 0 Å². The number of likely N-dealkylation sites (tertiary alicyclic amines) is 1. The summed E-state index contributed by atoms with van der Waals surface area (Å²) in [5, 5.41) is 0. The zero-order chi connectivity index (χ0) is 21.8. The summed E-state index contributed by atoms with van der Waals surface area (Å²) >= 11 is 0. The summed E-state index contributed by atoms with van der Waals surface area (Å²) in [6, 6.07) is 14.9. The van der Waals surface area contributed by atoms with E-state index in [0.717, 1.165) is 37.9 Å². The molecule has 164 valence electrons. The van der Waals surface area contributed by atoms with E-state index in [0.29, 0.717) is 23.6 Å². The van der Waals surface area contributed by atoms with E-state index in [1.54, 1.807) is 4.90 Å². The van der Waals surface area contributed by atoms with E-state index >= 15 is 0 Å². The van der Waals surface area contributed by atoms with Gasteiger partial charge in [0.2, 0.25) is 0 Å². The van der Waals surface area contributed by atoms with Crippen LogP contribution in [0.2, 0.25) is 0 Å². The third-order valence-corrected chi connectivity index (χ3v) is 5.75. The second-order valence-corrected chi connectivity index (χ2v) is 8.43. The largest absolute Gasteiger partial charge is 0.476 e. The lowest BCUT2D eigenvalue weighted by molar-refractivity contribution is -0.139. The number of piperidine rings is 1. The van der Waals surface area contributed by atoms with Crippen LogP contribution in [0.5, 0.6) is 5.75 Å². The van der Waals surface area contributed by atoms with Crippen LogP contribution in [0.3, 0.4) is 0 Å². The molecule has 2 heterocycles. The van der Waals surface area contributed by atoms with Crippen LogP contribution in [0.25, 0.3) is 0 Å². The summed E-state index contributed by atoms with van der Waals surface area (Å²) in [5.74, 6) is 0.399. The zero-order valence-electron chi connectivity index (χ0n) is 18.3. The van der Waals surface area contributed by atoms with E-state index in [-0.39, 0.29) is 24.5 Å². The molecule has 2 amide bonds. The fourth-order valence-corrected chi connectivity index (χ4v) is 4.04. The maximum Gasteiger partial charge on any atom is 0.265 e. The first-order chi connectivity index (χ1) is 15.0. The summed E-state index contributed by atoms with van der Waals surface area (Å²) in [5.41, 5.74) is 2.29. The molecule has 1 saturated heterocycles. The minimum absolute atomic E-state index is 0.0341. The van der Waals surface area contributed by atoms with Crippen molar-refractivity contribution in [3.63, 3.8) is 0 Å². The highest BCUT2D eigenvalue weighted by Gasteiger charge is 2.36. The van der Waals surface area contributed by atoms with Crippen molar-refractivity contribution in [1.29, 1.82) is 0 Å². The average Bonchev–Trinajstić information content (AvgIpc) is 2.82. The number of anilines is 1. The van der Waals surface area contributed by atoms with Gasteiger partial charge in [-0.1, -0.05) is 24.3 Å². The van der Waals surface area contributed by atoms with Crippen molar-refractivity contribution in [3.8, 4) is 5.75 Å². The Balaban J connectivity index is 1.54. The number of carbonyl (C=O) groups is 2. The average molecular weight is 423 g/mol. The highest BCUT2D eigenvalue weighted by molar-refractivity contribution is 6.07. The fraction of sp³-hybridized carbons (Fsp3) is 0.440. The van der Waals surface area contributed by atoms with Crippen molar-refractivity contribution in [2.24, 2.45) is 0 Å². The van der Waals surface area contributed by atoms with Gasteiger partial charge in [0, 0.05) is 18.7 Å². The first kappa shape index (κ1) is 21.4. The Morgan fingerprint density at radius 3 is 2.45 bits per heavy atom. The Bertz CT molecular complexity index is 919. The maximum atomic E-state index is 13.4. The molecule has 31 heavy (non-hydrogen) atoms. The van der Waals surface area contributed by atoms with Crippen LogP contribution in [-0.2, 0) is 16.1 Å². The van der Waals surface area contributed by atoms with Gasteiger partial charge in [-0.15, -0.1) is 0 Å². The summed E-state index contributed by atoms with van der Waals surface area (Å²) in [6.45, 7) is 6.23. The number of rotatable bonds is 5. The maximum absolute atomic E-state index is 13.4. The third kappa shape index (κ3) is 4.90. The van der Waals surface area contributed by atoms with E-state index in [1.807, 2.05) is 67.3 Å². The molecule has 0 unspecified atom stereocenters. The molecule has 6 nitrogen and oxygen atoms in total. The Hall–Kier alpha value is -2.86. The van der Waals surface area contributed by atoms with Gasteiger partial charge in [-0.2, -0.15) is 0 Å². The van der Waals surface area contributed by atoms with Gasteiger partial charge in [0.25, 0.3) is 11.8 Å². The number of fused-ring (bicyclic) bond motifs is 1. The van der Waals surface area contributed by atoms with E-state index in [9.17, 15) is 9.59 Å². The second kappa shape index (κ2) is 9.52. The van der Waals surface area contributed by atoms with Crippen molar-refractivity contribution in [2.75, 3.05) is 24.5 Å². The number of benzene rings is 2. The van der Waals surface area contributed by atoms with E-state index < -0.39 is 6.10 Å². The SMILES string of the molecule is CC(C)OCc1ccc(C(=O)N2C[C@H](C(=O)N3CCCCC3)Oc3ccccc32)cc1. The lowest BCUT2D eigenvalue weighted by atomic mass is 10.1. The molecule has 0 saturated carbocycles. The molecule has 2 aliphatic heterocycles. The summed E-state index contributed by atoms with van der Waals surface area (Å²) in [6.07, 6.45) is 2.66. The van der Waals surface area contributed by atoms with Crippen LogP contribution >= 0.6 is 0 Å². The summed E-state index contributed by atoms with van der Waals surface area (Å²) in [4.78, 5) is 30.0. The molecule has 2 aromatic rings. The van der Waals surface area contributed by atoms with Gasteiger partial charge < -0.3 is 19.3 Å². The lowest BCUT2D eigenvalue weighted by Crippen LogP contribution is -2.52. The molecule has 2 aromatic carbocycles. The first-order valence-corrected chi connectivity index (χ1v) is 11.1. The molecule has 2 aliphatic rings. The smallest absolute Gasteiger partial charge is 0.265 e. The normalized spacial score (nSPS) is 18.5. The minimum Gasteiger partial charge on any atom is -0.476 e. The quantitative estimate of drug-likeness (QED) is 0.730. The topological polar surface area (TPSA) is 59.1 Å². The molecule has 0 N–H and O–H groups in total. The van der Waals surface area contributed by atoms with Crippen LogP contribution < -0.4 is 9.64 Å². The molecule has 0 radical (unpaired) electrons. The van der Waals surface area contributed by atoms with Crippen molar-refractivity contribution >= 4 is 17.5 Å². The third-order valence-electron chi connectivity index (χ3n) is 5.75. The monoisotopic (exact) mass is 422 g/mol. The van der Waals surface area contributed by atoms with Gasteiger partial charge in [-0.25, -0.2) is 0 Å². The van der Waals surface area contributed by atoms with E-state index in [4.69, 9.17) is 9.47 Å². The van der Waals surface area contributed by atoms with Crippen LogP contribution in [0.1, 0.15) is 49.0 Å². The van der Waals surface area contributed by atoms with Crippen LogP contribution in [0.4, 0.5) is 5.69 Å². The molecule has 1 atom stereocenters.